The maximum atomic E-state index is 12.1. The first-order valence-electron chi connectivity index (χ1n) is 6.86. The monoisotopic (exact) mass is 268 g/mol. The second-order valence-corrected chi connectivity index (χ2v) is 4.80. The molecule has 2 aromatic carbocycles. The Morgan fingerprint density at radius 2 is 1.85 bits per heavy atom. The van der Waals surface area contributed by atoms with E-state index < -0.39 is 0 Å². The molecule has 0 unspecified atom stereocenters. The number of hydrogen-bond acceptors (Lipinski definition) is 2. The molecule has 0 aliphatic rings. The van der Waals surface area contributed by atoms with E-state index in [1.807, 2.05) is 55.5 Å². The van der Waals surface area contributed by atoms with Gasteiger partial charge in [0.05, 0.1) is 0 Å². The number of carbonyl (C=O) groups excluding carboxylic acids is 1. The zero-order valence-electron chi connectivity index (χ0n) is 11.9. The van der Waals surface area contributed by atoms with E-state index in [1.54, 1.807) is 0 Å². The number of nitrogens with one attached hydrogen (secondary N) is 2. The van der Waals surface area contributed by atoms with Crippen molar-refractivity contribution in [3.63, 3.8) is 0 Å². The molecule has 104 valence electrons. The largest absolute Gasteiger partial charge is 0.322 e. The van der Waals surface area contributed by atoms with Crippen LogP contribution in [0.1, 0.15) is 28.4 Å². The molecule has 0 radical (unpaired) electrons. The topological polar surface area (TPSA) is 41.1 Å². The van der Waals surface area contributed by atoms with Crippen LogP contribution in [0.15, 0.2) is 48.5 Å². The van der Waals surface area contributed by atoms with Crippen LogP contribution in [0.5, 0.6) is 0 Å². The van der Waals surface area contributed by atoms with E-state index in [9.17, 15) is 4.79 Å². The van der Waals surface area contributed by atoms with Crippen molar-refractivity contribution in [3.8, 4) is 0 Å². The van der Waals surface area contributed by atoms with Gasteiger partial charge in [-0.15, -0.1) is 0 Å². The van der Waals surface area contributed by atoms with Crippen LogP contribution in [0.25, 0.3) is 0 Å². The van der Waals surface area contributed by atoms with Crippen molar-refractivity contribution < 1.29 is 4.79 Å². The first-order chi connectivity index (χ1) is 9.69. The molecule has 0 bridgehead atoms. The van der Waals surface area contributed by atoms with Crippen LogP contribution in [-0.2, 0) is 6.54 Å². The molecule has 2 N–H and O–H groups in total. The van der Waals surface area contributed by atoms with E-state index >= 15 is 0 Å². The minimum atomic E-state index is -0.0781. The molecule has 0 aliphatic carbocycles. The summed E-state index contributed by atoms with van der Waals surface area (Å²) in [4.78, 5) is 12.1. The number of aryl methyl sites for hydroxylation is 1. The van der Waals surface area contributed by atoms with Gasteiger partial charge in [0.25, 0.3) is 5.91 Å². The molecule has 0 spiro atoms. The quantitative estimate of drug-likeness (QED) is 0.873. The molecular weight excluding hydrogens is 248 g/mol. The van der Waals surface area contributed by atoms with Gasteiger partial charge < -0.3 is 10.6 Å². The predicted molar refractivity (Wildman–Crippen MR) is 83.0 cm³/mol. The molecule has 0 aromatic heterocycles. The lowest BCUT2D eigenvalue weighted by atomic mass is 10.1. The molecule has 0 saturated carbocycles. The predicted octanol–water partition coefficient (Wildman–Crippen LogP) is 3.36. The third-order valence-electron chi connectivity index (χ3n) is 3.08. The Hall–Kier alpha value is -2.13. The third kappa shape index (κ3) is 3.93. The van der Waals surface area contributed by atoms with Gasteiger partial charge in [-0.3, -0.25) is 4.79 Å². The van der Waals surface area contributed by atoms with Gasteiger partial charge in [-0.2, -0.15) is 0 Å². The number of hydrogen-bond donors (Lipinski definition) is 2. The molecule has 0 saturated heterocycles. The van der Waals surface area contributed by atoms with Gasteiger partial charge in [0.2, 0.25) is 0 Å². The highest BCUT2D eigenvalue weighted by Gasteiger charge is 2.05. The van der Waals surface area contributed by atoms with Gasteiger partial charge in [-0.05, 0) is 43.3 Å². The number of rotatable bonds is 5. The third-order valence-corrected chi connectivity index (χ3v) is 3.08. The Morgan fingerprint density at radius 1 is 1.10 bits per heavy atom. The lowest BCUT2D eigenvalue weighted by Gasteiger charge is -2.08. The van der Waals surface area contributed by atoms with Crippen LogP contribution < -0.4 is 10.6 Å². The number of benzene rings is 2. The second-order valence-electron chi connectivity index (χ2n) is 4.80. The van der Waals surface area contributed by atoms with E-state index in [2.05, 4.69) is 17.6 Å². The van der Waals surface area contributed by atoms with Crippen LogP contribution in [0.4, 0.5) is 5.69 Å². The van der Waals surface area contributed by atoms with Crippen LogP contribution in [-0.4, -0.2) is 12.5 Å². The van der Waals surface area contributed by atoms with Gasteiger partial charge in [0.15, 0.2) is 0 Å². The summed E-state index contributed by atoms with van der Waals surface area (Å²) >= 11 is 0. The van der Waals surface area contributed by atoms with Gasteiger partial charge in [0.1, 0.15) is 0 Å². The van der Waals surface area contributed by atoms with Crippen LogP contribution in [0, 0.1) is 6.92 Å². The summed E-state index contributed by atoms with van der Waals surface area (Å²) in [7, 11) is 0. The average Bonchev–Trinajstić information content (AvgIpc) is 2.46. The zero-order valence-corrected chi connectivity index (χ0v) is 11.9. The molecule has 2 rings (SSSR count). The minimum Gasteiger partial charge on any atom is -0.322 e. The molecule has 0 aliphatic heterocycles. The Labute approximate surface area is 120 Å². The maximum absolute atomic E-state index is 12.1. The molecule has 0 fully saturated rings. The molecule has 3 nitrogen and oxygen atoms in total. The zero-order chi connectivity index (χ0) is 14.4. The standard InChI is InChI=1S/C17H20N2O/c1-3-18-12-14-5-4-6-16(11-14)19-17(20)15-9-7-13(2)8-10-15/h4-11,18H,3,12H2,1-2H3,(H,19,20). The summed E-state index contributed by atoms with van der Waals surface area (Å²) in [5, 5.41) is 6.20. The van der Waals surface area contributed by atoms with Crippen LogP contribution in [0.3, 0.4) is 0 Å². The number of carbonyl (C=O) groups is 1. The van der Waals surface area contributed by atoms with E-state index in [4.69, 9.17) is 0 Å². The first-order valence-corrected chi connectivity index (χ1v) is 6.86. The highest BCUT2D eigenvalue weighted by molar-refractivity contribution is 6.04. The summed E-state index contributed by atoms with van der Waals surface area (Å²) in [6, 6.07) is 15.5. The van der Waals surface area contributed by atoms with Crippen LogP contribution >= 0.6 is 0 Å². The van der Waals surface area contributed by atoms with Crippen LogP contribution in [0.2, 0.25) is 0 Å². The first kappa shape index (κ1) is 14.3. The Morgan fingerprint density at radius 3 is 2.55 bits per heavy atom. The summed E-state index contributed by atoms with van der Waals surface area (Å²) in [5.74, 6) is -0.0781. The normalized spacial score (nSPS) is 10.3. The molecule has 1 amide bonds. The number of amides is 1. The van der Waals surface area contributed by atoms with E-state index in [-0.39, 0.29) is 5.91 Å². The fraction of sp³-hybridized carbons (Fsp3) is 0.235. The lowest BCUT2D eigenvalue weighted by Crippen LogP contribution is -2.14. The van der Waals surface area contributed by atoms with E-state index in [1.165, 1.54) is 0 Å². The van der Waals surface area contributed by atoms with Gasteiger partial charge in [0, 0.05) is 17.8 Å². The minimum absolute atomic E-state index is 0.0781. The molecule has 0 atom stereocenters. The van der Waals surface area contributed by atoms with Crippen molar-refractivity contribution in [3.05, 3.63) is 65.2 Å². The fourth-order valence-electron chi connectivity index (χ4n) is 1.94. The van der Waals surface area contributed by atoms with Gasteiger partial charge >= 0.3 is 0 Å². The maximum Gasteiger partial charge on any atom is 0.255 e. The highest BCUT2D eigenvalue weighted by Crippen LogP contribution is 2.12. The molecule has 0 heterocycles. The summed E-state index contributed by atoms with van der Waals surface area (Å²) in [6.45, 7) is 5.82. The Bertz CT molecular complexity index is 576. The summed E-state index contributed by atoms with van der Waals surface area (Å²) < 4.78 is 0. The van der Waals surface area contributed by atoms with Gasteiger partial charge in [-0.1, -0.05) is 36.8 Å². The summed E-state index contributed by atoms with van der Waals surface area (Å²) in [6.07, 6.45) is 0. The molecule has 3 heteroatoms. The van der Waals surface area contributed by atoms with Crippen molar-refractivity contribution >= 4 is 11.6 Å². The van der Waals surface area contributed by atoms with Crippen molar-refractivity contribution in [1.29, 1.82) is 0 Å². The molecule has 2 aromatic rings. The summed E-state index contributed by atoms with van der Waals surface area (Å²) in [5.41, 5.74) is 3.81. The highest BCUT2D eigenvalue weighted by atomic mass is 16.1. The van der Waals surface area contributed by atoms with Crippen molar-refractivity contribution in [2.24, 2.45) is 0 Å². The van der Waals surface area contributed by atoms with E-state index in [0.29, 0.717) is 5.56 Å². The van der Waals surface area contributed by atoms with Gasteiger partial charge in [-0.25, -0.2) is 0 Å². The Kier molecular flexibility index (Phi) is 4.91. The average molecular weight is 268 g/mol. The van der Waals surface area contributed by atoms with Crippen molar-refractivity contribution in [1.82, 2.24) is 5.32 Å². The van der Waals surface area contributed by atoms with Crippen molar-refractivity contribution in [2.75, 3.05) is 11.9 Å². The SMILES string of the molecule is CCNCc1cccc(NC(=O)c2ccc(C)cc2)c1. The molecule has 20 heavy (non-hydrogen) atoms. The smallest absolute Gasteiger partial charge is 0.255 e. The molecular formula is C17H20N2O. The fourth-order valence-corrected chi connectivity index (χ4v) is 1.94. The second kappa shape index (κ2) is 6.87. The lowest BCUT2D eigenvalue weighted by molar-refractivity contribution is 0.102. The van der Waals surface area contributed by atoms with E-state index in [0.717, 1.165) is 29.9 Å². The number of anilines is 1. The Balaban J connectivity index is 2.05. The van der Waals surface area contributed by atoms with Crippen molar-refractivity contribution in [2.45, 2.75) is 20.4 Å².